The highest BCUT2D eigenvalue weighted by Gasteiger charge is 2.07. The third-order valence-corrected chi connectivity index (χ3v) is 2.33. The van der Waals surface area contributed by atoms with Gasteiger partial charge in [-0.3, -0.25) is 4.79 Å². The molecule has 2 nitrogen and oxygen atoms in total. The Labute approximate surface area is 82.6 Å². The lowest BCUT2D eigenvalue weighted by molar-refractivity contribution is 0.112. The molecule has 0 atom stereocenters. The average molecular weight is 185 g/mol. The lowest BCUT2D eigenvalue weighted by atomic mass is 10.0. The number of rotatable bonds is 2. The first-order valence-corrected chi connectivity index (χ1v) is 4.51. The van der Waals surface area contributed by atoms with E-state index in [0.717, 1.165) is 28.7 Å². The number of carbonyl (C=O) groups excluding carboxylic acids is 1. The number of H-pyrrole nitrogens is 1. The predicted octanol–water partition coefficient (Wildman–Crippen LogP) is 2.80. The van der Waals surface area contributed by atoms with E-state index in [2.05, 4.69) is 4.98 Å². The van der Waals surface area contributed by atoms with Crippen LogP contribution in [0.1, 0.15) is 16.1 Å². The fourth-order valence-electron chi connectivity index (χ4n) is 1.55. The molecule has 2 rings (SSSR count). The lowest BCUT2D eigenvalue weighted by Gasteiger charge is -1.98. The normalized spacial score (nSPS) is 10.1. The Balaban J connectivity index is 2.57. The molecule has 0 saturated heterocycles. The van der Waals surface area contributed by atoms with E-state index in [1.165, 1.54) is 0 Å². The molecule has 2 heteroatoms. The maximum atomic E-state index is 10.9. The third-order valence-electron chi connectivity index (χ3n) is 2.33. The Kier molecular flexibility index (Phi) is 2.19. The second-order valence-corrected chi connectivity index (χ2v) is 3.22. The van der Waals surface area contributed by atoms with Crippen molar-refractivity contribution in [3.8, 4) is 11.1 Å². The Bertz CT molecular complexity index is 443. The van der Waals surface area contributed by atoms with Crippen LogP contribution in [0.5, 0.6) is 0 Å². The van der Waals surface area contributed by atoms with Gasteiger partial charge in [0, 0.05) is 23.0 Å². The molecule has 1 heterocycles. The molecule has 0 aliphatic heterocycles. The van der Waals surface area contributed by atoms with E-state index in [4.69, 9.17) is 0 Å². The summed E-state index contributed by atoms with van der Waals surface area (Å²) in [7, 11) is 0. The molecule has 1 aromatic heterocycles. The summed E-state index contributed by atoms with van der Waals surface area (Å²) in [6.07, 6.45) is 2.77. The first-order valence-electron chi connectivity index (χ1n) is 4.51. The number of aromatic amines is 1. The van der Waals surface area contributed by atoms with E-state index in [-0.39, 0.29) is 0 Å². The maximum absolute atomic E-state index is 10.9. The largest absolute Gasteiger partial charge is 0.364 e. The molecule has 0 spiro atoms. The molecule has 2 aromatic rings. The van der Waals surface area contributed by atoms with Gasteiger partial charge in [0.25, 0.3) is 0 Å². The van der Waals surface area contributed by atoms with E-state index in [0.29, 0.717) is 0 Å². The van der Waals surface area contributed by atoms with Crippen molar-refractivity contribution >= 4 is 6.29 Å². The van der Waals surface area contributed by atoms with Gasteiger partial charge in [0.2, 0.25) is 0 Å². The number of hydrogen-bond acceptors (Lipinski definition) is 1. The number of aldehydes is 1. The highest BCUT2D eigenvalue weighted by Crippen LogP contribution is 2.24. The highest BCUT2D eigenvalue weighted by atomic mass is 16.1. The summed E-state index contributed by atoms with van der Waals surface area (Å²) in [5.41, 5.74) is 3.70. The number of hydrogen-bond donors (Lipinski definition) is 1. The second-order valence-electron chi connectivity index (χ2n) is 3.22. The summed E-state index contributed by atoms with van der Waals surface area (Å²) in [4.78, 5) is 13.9. The molecule has 0 saturated carbocycles. The van der Waals surface area contributed by atoms with Gasteiger partial charge in [-0.05, 0) is 12.5 Å². The van der Waals surface area contributed by atoms with E-state index >= 15 is 0 Å². The number of carbonyl (C=O) groups is 1. The van der Waals surface area contributed by atoms with Gasteiger partial charge in [0.15, 0.2) is 6.29 Å². The molecule has 0 unspecified atom stereocenters. The van der Waals surface area contributed by atoms with Crippen LogP contribution in [0.15, 0.2) is 36.5 Å². The first-order chi connectivity index (χ1) is 6.83. The maximum Gasteiger partial charge on any atom is 0.152 e. The topological polar surface area (TPSA) is 32.9 Å². The van der Waals surface area contributed by atoms with Crippen molar-refractivity contribution in [2.24, 2.45) is 0 Å². The zero-order valence-electron chi connectivity index (χ0n) is 7.95. The van der Waals surface area contributed by atoms with E-state index in [9.17, 15) is 4.79 Å². The molecule has 0 bridgehead atoms. The van der Waals surface area contributed by atoms with Gasteiger partial charge in [0.1, 0.15) is 0 Å². The second kappa shape index (κ2) is 3.50. The van der Waals surface area contributed by atoms with Crippen LogP contribution in [-0.4, -0.2) is 11.3 Å². The Morgan fingerprint density at radius 1 is 1.21 bits per heavy atom. The van der Waals surface area contributed by atoms with Crippen molar-refractivity contribution in [2.45, 2.75) is 6.92 Å². The number of aryl methyl sites for hydroxylation is 1. The van der Waals surface area contributed by atoms with E-state index in [1.54, 1.807) is 0 Å². The molecule has 0 amide bonds. The van der Waals surface area contributed by atoms with Crippen LogP contribution in [0.2, 0.25) is 0 Å². The van der Waals surface area contributed by atoms with Crippen molar-refractivity contribution in [1.29, 1.82) is 0 Å². The fourth-order valence-corrected chi connectivity index (χ4v) is 1.55. The van der Waals surface area contributed by atoms with Crippen LogP contribution in [0.25, 0.3) is 11.1 Å². The van der Waals surface area contributed by atoms with Crippen molar-refractivity contribution in [3.05, 3.63) is 47.8 Å². The fraction of sp³-hybridized carbons (Fsp3) is 0.0833. The number of aromatic nitrogens is 1. The SMILES string of the molecule is Cc1[nH]cc(-c2ccccc2)c1C=O. The third kappa shape index (κ3) is 1.35. The van der Waals surface area contributed by atoms with Gasteiger partial charge in [-0.25, -0.2) is 0 Å². The molecule has 0 radical (unpaired) electrons. The molecular formula is C12H11NO. The van der Waals surface area contributed by atoms with Crippen LogP contribution >= 0.6 is 0 Å². The van der Waals surface area contributed by atoms with Gasteiger partial charge >= 0.3 is 0 Å². The minimum atomic E-state index is 0.746. The van der Waals surface area contributed by atoms with E-state index in [1.807, 2.05) is 43.5 Å². The summed E-state index contributed by atoms with van der Waals surface area (Å²) < 4.78 is 0. The van der Waals surface area contributed by atoms with Crippen molar-refractivity contribution in [1.82, 2.24) is 4.98 Å². The van der Waals surface area contributed by atoms with Crippen molar-refractivity contribution in [3.63, 3.8) is 0 Å². The Hall–Kier alpha value is -1.83. The van der Waals surface area contributed by atoms with E-state index < -0.39 is 0 Å². The lowest BCUT2D eigenvalue weighted by Crippen LogP contribution is -1.84. The number of benzene rings is 1. The summed E-state index contributed by atoms with van der Waals surface area (Å²) in [5, 5.41) is 0. The molecule has 1 N–H and O–H groups in total. The van der Waals surface area contributed by atoms with Gasteiger partial charge in [-0.15, -0.1) is 0 Å². The molecule has 14 heavy (non-hydrogen) atoms. The van der Waals surface area contributed by atoms with Gasteiger partial charge in [-0.1, -0.05) is 30.3 Å². The molecule has 70 valence electrons. The highest BCUT2D eigenvalue weighted by molar-refractivity contribution is 5.88. The molecule has 0 aliphatic rings. The minimum absolute atomic E-state index is 0.746. The standard InChI is InChI=1S/C12H11NO/c1-9-12(8-14)11(7-13-9)10-5-3-2-4-6-10/h2-8,13H,1H3. The summed E-state index contributed by atoms with van der Waals surface area (Å²) >= 11 is 0. The zero-order chi connectivity index (χ0) is 9.97. The van der Waals surface area contributed by atoms with Gasteiger partial charge in [-0.2, -0.15) is 0 Å². The predicted molar refractivity (Wildman–Crippen MR) is 56.4 cm³/mol. The van der Waals surface area contributed by atoms with Crippen LogP contribution in [0.4, 0.5) is 0 Å². The van der Waals surface area contributed by atoms with Gasteiger partial charge in [0.05, 0.1) is 0 Å². The summed E-state index contributed by atoms with van der Waals surface area (Å²) in [5.74, 6) is 0. The molecule has 0 fully saturated rings. The smallest absolute Gasteiger partial charge is 0.152 e. The summed E-state index contributed by atoms with van der Waals surface area (Å²) in [6.45, 7) is 1.90. The monoisotopic (exact) mass is 185 g/mol. The van der Waals surface area contributed by atoms with Crippen LogP contribution in [0, 0.1) is 6.92 Å². The van der Waals surface area contributed by atoms with Crippen molar-refractivity contribution < 1.29 is 4.79 Å². The van der Waals surface area contributed by atoms with Crippen LogP contribution < -0.4 is 0 Å². The quantitative estimate of drug-likeness (QED) is 0.717. The Morgan fingerprint density at radius 2 is 1.93 bits per heavy atom. The molecule has 1 aromatic carbocycles. The van der Waals surface area contributed by atoms with Crippen LogP contribution in [0.3, 0.4) is 0 Å². The van der Waals surface area contributed by atoms with Crippen LogP contribution in [-0.2, 0) is 0 Å². The molecule has 0 aliphatic carbocycles. The average Bonchev–Trinajstić information content (AvgIpc) is 2.61. The van der Waals surface area contributed by atoms with Gasteiger partial charge < -0.3 is 4.98 Å². The zero-order valence-corrected chi connectivity index (χ0v) is 7.95. The first kappa shape index (κ1) is 8.75. The summed E-state index contributed by atoms with van der Waals surface area (Å²) in [6, 6.07) is 9.88. The number of nitrogens with one attached hydrogen (secondary N) is 1. The minimum Gasteiger partial charge on any atom is -0.364 e. The Morgan fingerprint density at radius 3 is 2.57 bits per heavy atom. The molecular weight excluding hydrogens is 174 g/mol. The van der Waals surface area contributed by atoms with Crippen molar-refractivity contribution in [2.75, 3.05) is 0 Å².